The smallest absolute Gasteiger partial charge is 0.416 e. The Morgan fingerprint density at radius 3 is 2.66 bits per heavy atom. The van der Waals surface area contributed by atoms with E-state index >= 15 is 0 Å². The third-order valence-corrected chi connectivity index (χ3v) is 4.44. The van der Waals surface area contributed by atoms with Gasteiger partial charge in [-0.15, -0.1) is 24.0 Å². The van der Waals surface area contributed by atoms with E-state index < -0.39 is 11.7 Å². The number of halogens is 4. The lowest BCUT2D eigenvalue weighted by atomic mass is 10.1. The second-order valence-corrected chi connectivity index (χ2v) is 6.48. The van der Waals surface area contributed by atoms with Crippen LogP contribution in [0.25, 0.3) is 0 Å². The van der Waals surface area contributed by atoms with Crippen LogP contribution < -0.4 is 15.4 Å². The van der Waals surface area contributed by atoms with Crippen molar-refractivity contribution >= 4 is 35.8 Å². The van der Waals surface area contributed by atoms with Gasteiger partial charge in [0.25, 0.3) is 0 Å². The number of ether oxygens (including phenoxy) is 1. The van der Waals surface area contributed by atoms with Crippen LogP contribution in [0.5, 0.6) is 5.75 Å². The zero-order valence-electron chi connectivity index (χ0n) is 16.6. The van der Waals surface area contributed by atoms with Crippen LogP contribution in [-0.2, 0) is 17.5 Å². The Hall–Kier alpha value is -1.72. The van der Waals surface area contributed by atoms with Crippen LogP contribution in [0.1, 0.15) is 37.3 Å². The lowest BCUT2D eigenvalue weighted by Gasteiger charge is -2.17. The number of benzene rings is 1. The molecule has 0 aliphatic carbocycles. The van der Waals surface area contributed by atoms with Crippen molar-refractivity contribution in [2.45, 2.75) is 38.9 Å². The molecule has 0 radical (unpaired) electrons. The van der Waals surface area contributed by atoms with Gasteiger partial charge in [0.2, 0.25) is 5.91 Å². The van der Waals surface area contributed by atoms with Gasteiger partial charge in [-0.3, -0.25) is 4.79 Å². The van der Waals surface area contributed by atoms with Gasteiger partial charge in [0.1, 0.15) is 5.75 Å². The summed E-state index contributed by atoms with van der Waals surface area (Å²) in [7, 11) is 1.33. The third kappa shape index (κ3) is 7.90. The van der Waals surface area contributed by atoms with E-state index in [9.17, 15) is 18.0 Å². The molecule has 0 spiro atoms. The highest BCUT2D eigenvalue weighted by atomic mass is 127. The number of methoxy groups -OCH3 is 1. The minimum absolute atomic E-state index is 0. The molecule has 0 saturated carbocycles. The van der Waals surface area contributed by atoms with Gasteiger partial charge < -0.3 is 20.3 Å². The van der Waals surface area contributed by atoms with Crippen LogP contribution in [0.4, 0.5) is 13.2 Å². The van der Waals surface area contributed by atoms with E-state index in [1.54, 1.807) is 0 Å². The molecule has 1 aliphatic heterocycles. The molecule has 0 bridgehead atoms. The first kappa shape index (κ1) is 25.3. The molecule has 0 aromatic heterocycles. The molecule has 1 fully saturated rings. The molecule has 1 amide bonds. The summed E-state index contributed by atoms with van der Waals surface area (Å²) in [5.41, 5.74) is -0.674. The number of carbonyl (C=O) groups excluding carboxylic acids is 1. The predicted molar refractivity (Wildman–Crippen MR) is 117 cm³/mol. The van der Waals surface area contributed by atoms with Crippen molar-refractivity contribution in [3.63, 3.8) is 0 Å². The Labute approximate surface area is 186 Å². The Balaban J connectivity index is 0.00000420. The number of aliphatic imine (C=N–C) groups is 1. The van der Waals surface area contributed by atoms with Crippen LogP contribution in [0.2, 0.25) is 0 Å². The zero-order valence-corrected chi connectivity index (χ0v) is 19.0. The lowest BCUT2D eigenvalue weighted by molar-refractivity contribution is -0.138. The van der Waals surface area contributed by atoms with Crippen molar-refractivity contribution in [2.24, 2.45) is 4.99 Å². The van der Waals surface area contributed by atoms with Gasteiger partial charge in [0.05, 0.1) is 19.2 Å². The summed E-state index contributed by atoms with van der Waals surface area (Å²) in [5, 5.41) is 6.13. The highest BCUT2D eigenvalue weighted by molar-refractivity contribution is 14.0. The van der Waals surface area contributed by atoms with Gasteiger partial charge in [-0.1, -0.05) is 6.07 Å². The molecule has 10 heteroatoms. The van der Waals surface area contributed by atoms with Gasteiger partial charge in [0, 0.05) is 32.6 Å². The van der Waals surface area contributed by atoms with Crippen molar-refractivity contribution in [1.29, 1.82) is 0 Å². The zero-order chi connectivity index (χ0) is 20.6. The molecule has 6 nitrogen and oxygen atoms in total. The maximum atomic E-state index is 13.3. The Morgan fingerprint density at radius 1 is 1.31 bits per heavy atom. The van der Waals surface area contributed by atoms with E-state index in [1.165, 1.54) is 19.2 Å². The molecule has 29 heavy (non-hydrogen) atoms. The highest BCUT2D eigenvalue weighted by Gasteiger charge is 2.33. The van der Waals surface area contributed by atoms with Gasteiger partial charge in [-0.25, -0.2) is 4.99 Å². The lowest BCUT2D eigenvalue weighted by Crippen LogP contribution is -2.39. The number of alkyl halides is 3. The first-order chi connectivity index (χ1) is 13.3. The van der Waals surface area contributed by atoms with E-state index in [0.717, 1.165) is 25.5 Å². The molecule has 0 unspecified atom stereocenters. The number of rotatable bonds is 8. The fourth-order valence-electron chi connectivity index (χ4n) is 3.01. The molecule has 1 aromatic carbocycles. The summed E-state index contributed by atoms with van der Waals surface area (Å²) >= 11 is 0. The fourth-order valence-corrected chi connectivity index (χ4v) is 3.01. The van der Waals surface area contributed by atoms with Crippen molar-refractivity contribution < 1.29 is 22.7 Å². The van der Waals surface area contributed by atoms with Crippen LogP contribution in [0.15, 0.2) is 23.2 Å². The maximum Gasteiger partial charge on any atom is 0.416 e. The second-order valence-electron chi connectivity index (χ2n) is 6.48. The Kier molecular flexibility index (Phi) is 10.5. The van der Waals surface area contributed by atoms with E-state index in [1.807, 2.05) is 11.8 Å². The SMILES string of the molecule is CCNC(=NCc1ccc(OC)cc1C(F)(F)F)NCCCN1CCCC1=O.I. The quantitative estimate of drug-likeness (QED) is 0.235. The first-order valence-electron chi connectivity index (χ1n) is 9.39. The van der Waals surface area contributed by atoms with Crippen molar-refractivity contribution in [1.82, 2.24) is 15.5 Å². The molecule has 0 atom stereocenters. The maximum absolute atomic E-state index is 13.3. The second kappa shape index (κ2) is 12.1. The van der Waals surface area contributed by atoms with Gasteiger partial charge in [-0.2, -0.15) is 13.2 Å². The summed E-state index contributed by atoms with van der Waals surface area (Å²) in [6, 6.07) is 3.86. The van der Waals surface area contributed by atoms with Crippen LogP contribution in [0.3, 0.4) is 0 Å². The number of likely N-dealkylation sites (tertiary alicyclic amines) is 1. The summed E-state index contributed by atoms with van der Waals surface area (Å²) in [6.07, 6.45) is -2.22. The van der Waals surface area contributed by atoms with E-state index in [2.05, 4.69) is 15.6 Å². The molecule has 1 heterocycles. The molecular weight excluding hydrogens is 500 g/mol. The number of amides is 1. The highest BCUT2D eigenvalue weighted by Crippen LogP contribution is 2.34. The summed E-state index contributed by atoms with van der Waals surface area (Å²) < 4.78 is 44.8. The predicted octanol–water partition coefficient (Wildman–Crippen LogP) is 3.40. The molecule has 2 N–H and O–H groups in total. The summed E-state index contributed by atoms with van der Waals surface area (Å²) in [6.45, 7) is 4.40. The van der Waals surface area contributed by atoms with Crippen molar-refractivity contribution in [3.8, 4) is 5.75 Å². The van der Waals surface area contributed by atoms with E-state index in [0.29, 0.717) is 32.0 Å². The standard InChI is InChI=1S/C19H27F3N4O2.HI/c1-3-23-18(24-9-5-11-26-10-4-6-17(26)27)25-13-14-7-8-15(28-2)12-16(14)19(20,21)22;/h7-8,12H,3-6,9-11,13H2,1-2H3,(H2,23,24,25);1H. The molecule has 1 aliphatic rings. The minimum Gasteiger partial charge on any atom is -0.497 e. The summed E-state index contributed by atoms with van der Waals surface area (Å²) in [5.74, 6) is 0.778. The monoisotopic (exact) mass is 528 g/mol. The Morgan fingerprint density at radius 2 is 2.07 bits per heavy atom. The first-order valence-corrected chi connectivity index (χ1v) is 9.39. The van der Waals surface area contributed by atoms with Crippen LogP contribution in [-0.4, -0.2) is 50.1 Å². The third-order valence-electron chi connectivity index (χ3n) is 4.44. The molecular formula is C19H28F3IN4O2. The minimum atomic E-state index is -4.48. The average molecular weight is 528 g/mol. The molecule has 2 rings (SSSR count). The molecule has 164 valence electrons. The van der Waals surface area contributed by atoms with E-state index in [-0.39, 0.29) is 47.7 Å². The van der Waals surface area contributed by atoms with Crippen molar-refractivity contribution in [2.75, 3.05) is 33.3 Å². The van der Waals surface area contributed by atoms with Gasteiger partial charge in [0.15, 0.2) is 5.96 Å². The number of nitrogens with zero attached hydrogens (tertiary/aromatic N) is 2. The van der Waals surface area contributed by atoms with E-state index in [4.69, 9.17) is 4.74 Å². The number of guanidine groups is 1. The van der Waals surface area contributed by atoms with Crippen LogP contribution in [0, 0.1) is 0 Å². The fraction of sp³-hybridized carbons (Fsp3) is 0.579. The van der Waals surface area contributed by atoms with Gasteiger partial charge >= 0.3 is 6.18 Å². The van der Waals surface area contributed by atoms with Gasteiger partial charge in [-0.05, 0) is 37.5 Å². The Bertz CT molecular complexity index is 699. The number of carbonyl (C=O) groups is 1. The average Bonchev–Trinajstić information content (AvgIpc) is 3.07. The number of hydrogen-bond donors (Lipinski definition) is 2. The topological polar surface area (TPSA) is 66.0 Å². The normalized spacial score (nSPS) is 14.6. The largest absolute Gasteiger partial charge is 0.497 e. The molecule has 1 saturated heterocycles. The van der Waals surface area contributed by atoms with Crippen LogP contribution >= 0.6 is 24.0 Å². The van der Waals surface area contributed by atoms with Crippen molar-refractivity contribution in [3.05, 3.63) is 29.3 Å². The summed E-state index contributed by atoms with van der Waals surface area (Å²) in [4.78, 5) is 17.7. The molecule has 1 aromatic rings. The number of hydrogen-bond acceptors (Lipinski definition) is 3. The number of nitrogens with one attached hydrogen (secondary N) is 2.